The van der Waals surface area contributed by atoms with Crippen LogP contribution in [0.15, 0.2) is 91.5 Å². The van der Waals surface area contributed by atoms with Crippen LogP contribution in [0.2, 0.25) is 0 Å². The molecule has 4 N–H and O–H groups in total. The van der Waals surface area contributed by atoms with Crippen molar-refractivity contribution in [3.05, 3.63) is 108 Å². The fraction of sp³-hybridized carbons (Fsp3) is 0.405. The summed E-state index contributed by atoms with van der Waals surface area (Å²) in [7, 11) is 6.14. The SMILES string of the molecule is COc1ccc(C(OCC2OC(n3cnc4c(N)ncnc43)C(OC(=O)[C@H](CSSC(C)C)NC(=O)OC(C)(C)C)C2O)(c2ccccc2)c2ccc(OC)cc2)cc1. The summed E-state index contributed by atoms with van der Waals surface area (Å²) in [4.78, 5) is 39.9. The average Bonchev–Trinajstić information content (AvgIpc) is 3.78. The minimum atomic E-state index is -1.44. The lowest BCUT2D eigenvalue weighted by Crippen LogP contribution is -2.48. The second-order valence-electron chi connectivity index (χ2n) is 15.0. The monoisotopic (exact) mass is 846 g/mol. The van der Waals surface area contributed by atoms with Crippen LogP contribution in [0, 0.1) is 0 Å². The van der Waals surface area contributed by atoms with E-state index in [0.717, 1.165) is 16.7 Å². The molecule has 0 spiro atoms. The van der Waals surface area contributed by atoms with Crippen LogP contribution in [-0.4, -0.2) is 98.5 Å². The number of carbonyl (C=O) groups is 2. The first-order chi connectivity index (χ1) is 28.2. The van der Waals surface area contributed by atoms with Crippen LogP contribution in [0.3, 0.4) is 0 Å². The van der Waals surface area contributed by atoms with E-state index < -0.39 is 53.8 Å². The van der Waals surface area contributed by atoms with Gasteiger partial charge in [-0.25, -0.2) is 24.5 Å². The van der Waals surface area contributed by atoms with Gasteiger partial charge in [0.2, 0.25) is 0 Å². The first-order valence-corrected chi connectivity index (χ1v) is 21.4. The molecule has 5 atom stereocenters. The Kier molecular flexibility index (Phi) is 13.9. The molecule has 314 valence electrons. The van der Waals surface area contributed by atoms with Gasteiger partial charge in [-0.15, -0.1) is 0 Å². The second-order valence-corrected chi connectivity index (χ2v) is 18.0. The van der Waals surface area contributed by atoms with E-state index in [0.29, 0.717) is 22.7 Å². The van der Waals surface area contributed by atoms with E-state index in [-0.39, 0.29) is 23.4 Å². The molecule has 15 nitrogen and oxygen atoms in total. The number of hydrogen-bond donors (Lipinski definition) is 3. The number of anilines is 1. The molecule has 3 heterocycles. The lowest BCUT2D eigenvalue weighted by molar-refractivity contribution is -0.160. The zero-order valence-corrected chi connectivity index (χ0v) is 35.6. The predicted octanol–water partition coefficient (Wildman–Crippen LogP) is 6.29. The molecule has 0 bridgehead atoms. The number of aliphatic hydroxyl groups excluding tert-OH is 1. The Morgan fingerprint density at radius 3 is 2.10 bits per heavy atom. The molecule has 6 rings (SSSR count). The van der Waals surface area contributed by atoms with Crippen molar-refractivity contribution in [3.63, 3.8) is 0 Å². The highest BCUT2D eigenvalue weighted by Gasteiger charge is 2.50. The summed E-state index contributed by atoms with van der Waals surface area (Å²) >= 11 is 0. The standard InChI is InChI=1S/C42H50N6O9S2/c1-25(2)59-58-22-31(47-40(51)57-41(3,4)5)39(50)56-35-34(49)32(55-38(35)48-24-46-33-36(43)44-23-45-37(33)48)21-54-42(26-11-9-8-10-12-26,27-13-17-29(52-6)18-14-27)28-15-19-30(53-7)20-16-28/h8-20,23-25,31-32,34-35,38,49H,21-22H2,1-7H3,(H,47,51)(H2,43,44,45)/t31-,32?,34?,35?,38?/m0/s1. The molecular weight excluding hydrogens is 797 g/mol. The largest absolute Gasteiger partial charge is 0.497 e. The molecule has 2 aromatic heterocycles. The number of benzene rings is 3. The Morgan fingerprint density at radius 2 is 1.53 bits per heavy atom. The molecule has 59 heavy (non-hydrogen) atoms. The summed E-state index contributed by atoms with van der Waals surface area (Å²) in [6, 6.07) is 23.6. The smallest absolute Gasteiger partial charge is 0.408 e. The number of nitrogens with zero attached hydrogens (tertiary/aromatic N) is 4. The van der Waals surface area contributed by atoms with Crippen LogP contribution in [0.4, 0.5) is 10.6 Å². The van der Waals surface area contributed by atoms with E-state index in [2.05, 4.69) is 20.3 Å². The highest BCUT2D eigenvalue weighted by molar-refractivity contribution is 8.76. The zero-order chi connectivity index (χ0) is 42.3. The first kappa shape index (κ1) is 43.5. The second kappa shape index (κ2) is 18.9. The number of nitrogen functional groups attached to an aromatic ring is 1. The van der Waals surface area contributed by atoms with E-state index in [1.165, 1.54) is 28.0 Å². The molecule has 0 radical (unpaired) electrons. The van der Waals surface area contributed by atoms with Crippen molar-refractivity contribution in [2.75, 3.05) is 32.3 Å². The van der Waals surface area contributed by atoms with Crippen LogP contribution in [-0.2, 0) is 29.3 Å². The summed E-state index contributed by atoms with van der Waals surface area (Å²) in [5.41, 5.74) is 6.99. The number of hydrogen-bond acceptors (Lipinski definition) is 15. The normalized spacial score (nSPS) is 18.7. The van der Waals surface area contributed by atoms with Crippen molar-refractivity contribution in [1.82, 2.24) is 24.8 Å². The maximum absolute atomic E-state index is 14.1. The first-order valence-electron chi connectivity index (χ1n) is 19.0. The summed E-state index contributed by atoms with van der Waals surface area (Å²) in [5.74, 6) is 0.799. The number of imidazole rings is 1. The van der Waals surface area contributed by atoms with Gasteiger partial charge in [-0.2, -0.15) is 0 Å². The van der Waals surface area contributed by atoms with Crippen LogP contribution in [0.25, 0.3) is 11.2 Å². The summed E-state index contributed by atoms with van der Waals surface area (Å²) in [6.45, 7) is 9.03. The van der Waals surface area contributed by atoms with Gasteiger partial charge in [0.25, 0.3) is 0 Å². The number of ether oxygens (including phenoxy) is 6. The zero-order valence-electron chi connectivity index (χ0n) is 33.9. The molecule has 5 aromatic rings. The van der Waals surface area contributed by atoms with Gasteiger partial charge < -0.3 is 44.6 Å². The average molecular weight is 847 g/mol. The van der Waals surface area contributed by atoms with Gasteiger partial charge in [0.15, 0.2) is 23.8 Å². The van der Waals surface area contributed by atoms with E-state index in [1.54, 1.807) is 45.8 Å². The topological polar surface area (TPSA) is 191 Å². The highest BCUT2D eigenvalue weighted by atomic mass is 33.1. The molecule has 0 saturated carbocycles. The Labute approximate surface area is 351 Å². The van der Waals surface area contributed by atoms with Crippen LogP contribution >= 0.6 is 21.6 Å². The molecule has 1 aliphatic rings. The fourth-order valence-electron chi connectivity index (χ4n) is 6.62. The van der Waals surface area contributed by atoms with Crippen molar-refractivity contribution in [1.29, 1.82) is 0 Å². The highest BCUT2D eigenvalue weighted by Crippen LogP contribution is 2.43. The number of esters is 1. The maximum atomic E-state index is 14.1. The number of carbonyl (C=O) groups excluding carboxylic acids is 2. The van der Waals surface area contributed by atoms with Crippen LogP contribution < -0.4 is 20.5 Å². The third-order valence-electron chi connectivity index (χ3n) is 9.33. The van der Waals surface area contributed by atoms with Gasteiger partial charge >= 0.3 is 12.1 Å². The molecular formula is C42H50N6O9S2. The third-order valence-corrected chi connectivity index (χ3v) is 12.3. The van der Waals surface area contributed by atoms with Crippen molar-refractivity contribution in [3.8, 4) is 11.5 Å². The summed E-state index contributed by atoms with van der Waals surface area (Å²) in [5, 5.41) is 15.1. The Morgan fingerprint density at radius 1 is 0.915 bits per heavy atom. The fourth-order valence-corrected chi connectivity index (χ4v) is 8.79. The Balaban J connectivity index is 1.38. The van der Waals surface area contributed by atoms with Gasteiger partial charge in [0, 0.05) is 11.0 Å². The number of aliphatic hydroxyl groups is 1. The summed E-state index contributed by atoms with van der Waals surface area (Å²) < 4.78 is 37.8. The van der Waals surface area contributed by atoms with Crippen molar-refractivity contribution < 1.29 is 43.1 Å². The molecule has 1 saturated heterocycles. The van der Waals surface area contributed by atoms with Crippen molar-refractivity contribution >= 4 is 50.6 Å². The number of fused-ring (bicyclic) bond motifs is 1. The van der Waals surface area contributed by atoms with Gasteiger partial charge in [-0.3, -0.25) is 4.57 Å². The number of alkyl carbamates (subject to hydrolysis) is 1. The van der Waals surface area contributed by atoms with Gasteiger partial charge in [0.05, 0.1) is 27.2 Å². The van der Waals surface area contributed by atoms with E-state index >= 15 is 0 Å². The van der Waals surface area contributed by atoms with Crippen molar-refractivity contribution in [2.24, 2.45) is 0 Å². The number of methoxy groups -OCH3 is 2. The molecule has 4 unspecified atom stereocenters. The maximum Gasteiger partial charge on any atom is 0.408 e. The molecule has 1 amide bonds. The minimum absolute atomic E-state index is 0.133. The molecule has 0 aliphatic carbocycles. The van der Waals surface area contributed by atoms with E-state index in [4.69, 9.17) is 34.2 Å². The lowest BCUT2D eigenvalue weighted by Gasteiger charge is -2.37. The van der Waals surface area contributed by atoms with Gasteiger partial charge in [-0.05, 0) is 61.7 Å². The van der Waals surface area contributed by atoms with Gasteiger partial charge in [0.1, 0.15) is 52.8 Å². The van der Waals surface area contributed by atoms with Gasteiger partial charge in [-0.1, -0.05) is 90.0 Å². The lowest BCUT2D eigenvalue weighted by atomic mass is 9.80. The molecule has 1 fully saturated rings. The van der Waals surface area contributed by atoms with Crippen molar-refractivity contribution in [2.45, 2.75) is 81.7 Å². The van der Waals surface area contributed by atoms with Crippen LogP contribution in [0.5, 0.6) is 11.5 Å². The summed E-state index contributed by atoms with van der Waals surface area (Å²) in [6.07, 6.45) is -3.07. The Bertz CT molecular complexity index is 2120. The molecule has 3 aromatic carbocycles. The molecule has 17 heteroatoms. The third kappa shape index (κ3) is 10.0. The number of amides is 1. The number of nitrogens with two attached hydrogens (primary N) is 1. The molecule has 1 aliphatic heterocycles. The van der Waals surface area contributed by atoms with Crippen LogP contribution in [0.1, 0.15) is 57.5 Å². The van der Waals surface area contributed by atoms with E-state index in [1.807, 2.05) is 92.7 Å². The number of nitrogens with one attached hydrogen (secondary N) is 1. The Hall–Kier alpha value is -5.07. The number of aromatic nitrogens is 4. The minimum Gasteiger partial charge on any atom is -0.497 e. The quantitative estimate of drug-likeness (QED) is 0.0570. The predicted molar refractivity (Wildman–Crippen MR) is 226 cm³/mol. The van der Waals surface area contributed by atoms with E-state index in [9.17, 15) is 14.7 Å². The number of rotatable bonds is 16.